The first kappa shape index (κ1) is 14.1. The highest BCUT2D eigenvalue weighted by Gasteiger charge is 2.30. The van der Waals surface area contributed by atoms with Gasteiger partial charge in [0.05, 0.1) is 5.56 Å². The predicted molar refractivity (Wildman–Crippen MR) is 71.2 cm³/mol. The Kier molecular flexibility index (Phi) is 3.28. The van der Waals surface area contributed by atoms with Gasteiger partial charge in [-0.3, -0.25) is 4.79 Å². The van der Waals surface area contributed by atoms with Gasteiger partial charge in [0.25, 0.3) is 5.91 Å². The highest BCUT2D eigenvalue weighted by atomic mass is 19.4. The van der Waals surface area contributed by atoms with Crippen LogP contribution in [0.25, 0.3) is 11.0 Å². The number of nitrogens with zero attached hydrogens (tertiary/aromatic N) is 2. The molecule has 0 saturated heterocycles. The Bertz CT molecular complexity index is 842. The summed E-state index contributed by atoms with van der Waals surface area (Å²) < 4.78 is 42.4. The van der Waals surface area contributed by atoms with E-state index in [1.54, 1.807) is 0 Å². The van der Waals surface area contributed by atoms with Gasteiger partial charge in [-0.15, -0.1) is 0 Å². The van der Waals surface area contributed by atoms with Crippen LogP contribution in [0.2, 0.25) is 0 Å². The predicted octanol–water partition coefficient (Wildman–Crippen LogP) is 3.49. The molecular weight excluding hydrogens is 299 g/mol. The number of anilines is 1. The van der Waals surface area contributed by atoms with E-state index in [0.717, 1.165) is 12.1 Å². The summed E-state index contributed by atoms with van der Waals surface area (Å²) in [5, 5.41) is 9.61. The number of amides is 1. The van der Waals surface area contributed by atoms with Crippen molar-refractivity contribution >= 4 is 22.6 Å². The zero-order valence-electron chi connectivity index (χ0n) is 10.9. The summed E-state index contributed by atoms with van der Waals surface area (Å²) in [7, 11) is 0. The van der Waals surface area contributed by atoms with Gasteiger partial charge in [0.2, 0.25) is 0 Å². The molecule has 112 valence electrons. The molecule has 0 aliphatic rings. The molecule has 5 nitrogen and oxygen atoms in total. The van der Waals surface area contributed by atoms with Gasteiger partial charge in [0, 0.05) is 11.3 Å². The summed E-state index contributed by atoms with van der Waals surface area (Å²) in [6.45, 7) is 0. The van der Waals surface area contributed by atoms with Crippen molar-refractivity contribution in [2.75, 3.05) is 5.32 Å². The fourth-order valence-electron chi connectivity index (χ4n) is 1.90. The molecule has 0 aliphatic heterocycles. The number of halogens is 3. The maximum atomic E-state index is 12.6. The molecular formula is C14H8F3N3O2. The standard InChI is InChI=1S/C14H8F3N3O2/c15-14(16,17)9-2-1-3-10(7-9)18-13(21)8-4-5-11-12(6-8)20-22-19-11/h1-7H,(H,18,21). The number of aromatic nitrogens is 2. The number of alkyl halides is 3. The minimum Gasteiger partial charge on any atom is -0.322 e. The lowest BCUT2D eigenvalue weighted by atomic mass is 10.1. The number of rotatable bonds is 2. The Hall–Kier alpha value is -2.90. The van der Waals surface area contributed by atoms with Crippen LogP contribution in [0.4, 0.5) is 18.9 Å². The number of benzene rings is 2. The Morgan fingerprint density at radius 3 is 2.59 bits per heavy atom. The van der Waals surface area contributed by atoms with E-state index in [-0.39, 0.29) is 11.3 Å². The maximum Gasteiger partial charge on any atom is 0.416 e. The average molecular weight is 307 g/mol. The Labute approximate surface area is 121 Å². The van der Waals surface area contributed by atoms with Crippen LogP contribution in [0, 0.1) is 0 Å². The minimum atomic E-state index is -4.47. The van der Waals surface area contributed by atoms with Crippen LogP contribution in [0.15, 0.2) is 47.1 Å². The number of carbonyl (C=O) groups is 1. The van der Waals surface area contributed by atoms with Crippen LogP contribution >= 0.6 is 0 Å². The average Bonchev–Trinajstić information content (AvgIpc) is 2.94. The Morgan fingerprint density at radius 1 is 1.05 bits per heavy atom. The fourth-order valence-corrected chi connectivity index (χ4v) is 1.90. The van der Waals surface area contributed by atoms with E-state index in [4.69, 9.17) is 0 Å². The second-order valence-electron chi connectivity index (χ2n) is 4.50. The summed E-state index contributed by atoms with van der Waals surface area (Å²) in [5.74, 6) is -0.552. The third-order valence-corrected chi connectivity index (χ3v) is 2.96. The molecule has 0 unspecified atom stereocenters. The number of hydrogen-bond donors (Lipinski definition) is 1. The van der Waals surface area contributed by atoms with Crippen LogP contribution in [0.3, 0.4) is 0 Å². The molecule has 0 saturated carbocycles. The molecule has 1 amide bonds. The van der Waals surface area contributed by atoms with E-state index >= 15 is 0 Å². The number of carbonyl (C=O) groups excluding carboxylic acids is 1. The smallest absolute Gasteiger partial charge is 0.322 e. The lowest BCUT2D eigenvalue weighted by molar-refractivity contribution is -0.137. The monoisotopic (exact) mass is 307 g/mol. The molecule has 8 heteroatoms. The van der Waals surface area contributed by atoms with E-state index in [1.807, 2.05) is 0 Å². The molecule has 1 aromatic heterocycles. The zero-order valence-corrected chi connectivity index (χ0v) is 10.9. The first-order chi connectivity index (χ1) is 10.4. The first-order valence-corrected chi connectivity index (χ1v) is 6.14. The molecule has 0 spiro atoms. The highest BCUT2D eigenvalue weighted by Crippen LogP contribution is 2.30. The summed E-state index contributed by atoms with van der Waals surface area (Å²) >= 11 is 0. The van der Waals surface area contributed by atoms with Crippen molar-refractivity contribution in [3.63, 3.8) is 0 Å². The molecule has 0 atom stereocenters. The van der Waals surface area contributed by atoms with Crippen molar-refractivity contribution in [3.05, 3.63) is 53.6 Å². The molecule has 3 aromatic rings. The van der Waals surface area contributed by atoms with Gasteiger partial charge in [-0.05, 0) is 46.7 Å². The molecule has 0 fully saturated rings. The van der Waals surface area contributed by atoms with E-state index in [0.29, 0.717) is 11.0 Å². The third kappa shape index (κ3) is 2.76. The van der Waals surface area contributed by atoms with Gasteiger partial charge in [-0.2, -0.15) is 13.2 Å². The van der Waals surface area contributed by atoms with Gasteiger partial charge in [-0.1, -0.05) is 6.07 Å². The van der Waals surface area contributed by atoms with Crippen molar-refractivity contribution in [2.24, 2.45) is 0 Å². The summed E-state index contributed by atoms with van der Waals surface area (Å²) in [4.78, 5) is 12.1. The molecule has 0 bridgehead atoms. The van der Waals surface area contributed by atoms with Crippen LogP contribution in [0.5, 0.6) is 0 Å². The van der Waals surface area contributed by atoms with Crippen LogP contribution < -0.4 is 5.32 Å². The summed E-state index contributed by atoms with van der Waals surface area (Å²) in [6.07, 6.45) is -4.47. The van der Waals surface area contributed by atoms with E-state index < -0.39 is 17.6 Å². The SMILES string of the molecule is O=C(Nc1cccc(C(F)(F)F)c1)c1ccc2nonc2c1. The number of hydrogen-bond acceptors (Lipinski definition) is 4. The molecule has 1 N–H and O–H groups in total. The van der Waals surface area contributed by atoms with Gasteiger partial charge < -0.3 is 5.32 Å². The van der Waals surface area contributed by atoms with Crippen molar-refractivity contribution in [3.8, 4) is 0 Å². The molecule has 1 heterocycles. The minimum absolute atomic E-state index is 0.0539. The lowest BCUT2D eigenvalue weighted by Crippen LogP contribution is -2.13. The van der Waals surface area contributed by atoms with Crippen molar-refractivity contribution in [1.82, 2.24) is 10.3 Å². The van der Waals surface area contributed by atoms with Crippen LogP contribution in [0.1, 0.15) is 15.9 Å². The fraction of sp³-hybridized carbons (Fsp3) is 0.0714. The molecule has 3 rings (SSSR count). The van der Waals surface area contributed by atoms with Gasteiger partial charge in [0.1, 0.15) is 11.0 Å². The molecule has 0 aliphatic carbocycles. The van der Waals surface area contributed by atoms with Crippen molar-refractivity contribution in [1.29, 1.82) is 0 Å². The molecule has 2 aromatic carbocycles. The normalized spacial score (nSPS) is 11.6. The topological polar surface area (TPSA) is 68.0 Å². The number of fused-ring (bicyclic) bond motifs is 1. The van der Waals surface area contributed by atoms with E-state index in [9.17, 15) is 18.0 Å². The molecule has 0 radical (unpaired) electrons. The summed E-state index contributed by atoms with van der Waals surface area (Å²) in [5.41, 5.74) is 0.326. The van der Waals surface area contributed by atoms with E-state index in [1.165, 1.54) is 30.3 Å². The zero-order chi connectivity index (χ0) is 15.7. The highest BCUT2D eigenvalue weighted by molar-refractivity contribution is 6.05. The van der Waals surface area contributed by atoms with Crippen LogP contribution in [-0.4, -0.2) is 16.2 Å². The first-order valence-electron chi connectivity index (χ1n) is 6.14. The van der Waals surface area contributed by atoms with Gasteiger partial charge >= 0.3 is 6.18 Å². The van der Waals surface area contributed by atoms with Gasteiger partial charge in [-0.25, -0.2) is 4.63 Å². The number of nitrogens with one attached hydrogen (secondary N) is 1. The second-order valence-corrected chi connectivity index (χ2v) is 4.50. The van der Waals surface area contributed by atoms with Crippen molar-refractivity contribution in [2.45, 2.75) is 6.18 Å². The lowest BCUT2D eigenvalue weighted by Gasteiger charge is -2.09. The van der Waals surface area contributed by atoms with Gasteiger partial charge in [0.15, 0.2) is 0 Å². The second kappa shape index (κ2) is 5.14. The summed E-state index contributed by atoms with van der Waals surface area (Å²) in [6, 6.07) is 8.86. The largest absolute Gasteiger partial charge is 0.416 e. The van der Waals surface area contributed by atoms with E-state index in [2.05, 4.69) is 20.3 Å². The quantitative estimate of drug-likeness (QED) is 0.787. The maximum absolute atomic E-state index is 12.6. The molecule has 22 heavy (non-hydrogen) atoms. The third-order valence-electron chi connectivity index (χ3n) is 2.96. The van der Waals surface area contributed by atoms with Crippen molar-refractivity contribution < 1.29 is 22.6 Å². The Morgan fingerprint density at radius 2 is 1.82 bits per heavy atom. The van der Waals surface area contributed by atoms with Crippen LogP contribution in [-0.2, 0) is 6.18 Å². The Balaban J connectivity index is 1.84.